The highest BCUT2D eigenvalue weighted by Gasteiger charge is 2.20. The van der Waals surface area contributed by atoms with Crippen molar-refractivity contribution >= 4 is 5.97 Å². The van der Waals surface area contributed by atoms with Gasteiger partial charge in [0.2, 0.25) is 0 Å². The first-order valence-corrected chi connectivity index (χ1v) is 5.27. The third-order valence-corrected chi connectivity index (χ3v) is 3.06. The van der Waals surface area contributed by atoms with Gasteiger partial charge >= 0.3 is 5.97 Å². The van der Waals surface area contributed by atoms with Crippen LogP contribution in [0.5, 0.6) is 0 Å². The van der Waals surface area contributed by atoms with Gasteiger partial charge in [0.25, 0.3) is 0 Å². The summed E-state index contributed by atoms with van der Waals surface area (Å²) >= 11 is 0. The van der Waals surface area contributed by atoms with Gasteiger partial charge in [-0.25, -0.2) is 0 Å². The number of carboxylic acids is 1. The molecule has 0 heterocycles. The lowest BCUT2D eigenvalue weighted by Crippen LogP contribution is -2.21. The van der Waals surface area contributed by atoms with E-state index in [9.17, 15) is 4.79 Å². The van der Waals surface area contributed by atoms with E-state index in [4.69, 9.17) is 10.8 Å². The Balaban J connectivity index is 2.32. The molecule has 3 N–H and O–H groups in total. The second-order valence-corrected chi connectivity index (χ2v) is 4.01. The summed E-state index contributed by atoms with van der Waals surface area (Å²) in [6.07, 6.45) is 3.37. The van der Waals surface area contributed by atoms with Gasteiger partial charge in [-0.15, -0.1) is 0 Å². The Kier molecular flexibility index (Phi) is 2.73. The van der Waals surface area contributed by atoms with E-state index in [2.05, 4.69) is 0 Å². The van der Waals surface area contributed by atoms with Gasteiger partial charge in [0.15, 0.2) is 0 Å². The van der Waals surface area contributed by atoms with Crippen molar-refractivity contribution in [2.45, 2.75) is 25.2 Å². The van der Waals surface area contributed by atoms with Crippen LogP contribution in [0.4, 0.5) is 0 Å². The summed E-state index contributed by atoms with van der Waals surface area (Å²) in [7, 11) is 0. The summed E-state index contributed by atoms with van der Waals surface area (Å²) in [5, 5.41) is 9.00. The zero-order valence-electron chi connectivity index (χ0n) is 8.57. The third kappa shape index (κ3) is 1.88. The van der Waals surface area contributed by atoms with Crippen LogP contribution in [-0.4, -0.2) is 17.6 Å². The van der Waals surface area contributed by atoms with Crippen LogP contribution in [-0.2, 0) is 17.6 Å². The fraction of sp³-hybridized carbons (Fsp3) is 0.417. The second-order valence-electron chi connectivity index (χ2n) is 4.01. The van der Waals surface area contributed by atoms with E-state index in [0.717, 1.165) is 18.4 Å². The van der Waals surface area contributed by atoms with Crippen LogP contribution in [0.15, 0.2) is 18.2 Å². The molecule has 1 aromatic carbocycles. The van der Waals surface area contributed by atoms with Gasteiger partial charge in [0.05, 0.1) is 5.92 Å². The summed E-state index contributed by atoms with van der Waals surface area (Å²) in [5.41, 5.74) is 8.97. The molecule has 0 aliphatic heterocycles. The van der Waals surface area contributed by atoms with Crippen molar-refractivity contribution in [3.05, 3.63) is 34.9 Å². The standard InChI is InChI=1S/C12H15NO2/c13-7-11(12(14)15)10-5-4-8-2-1-3-9(8)6-10/h4-6,11H,1-3,7,13H2,(H,14,15). The number of nitrogens with two attached hydrogens (primary N) is 1. The van der Waals surface area contributed by atoms with Crippen LogP contribution in [0.25, 0.3) is 0 Å². The molecule has 0 bridgehead atoms. The minimum Gasteiger partial charge on any atom is -0.481 e. The van der Waals surface area contributed by atoms with Crippen LogP contribution < -0.4 is 5.73 Å². The summed E-state index contributed by atoms with van der Waals surface area (Å²) in [6, 6.07) is 5.95. The molecule has 3 nitrogen and oxygen atoms in total. The van der Waals surface area contributed by atoms with Crippen molar-refractivity contribution in [1.29, 1.82) is 0 Å². The smallest absolute Gasteiger partial charge is 0.312 e. The lowest BCUT2D eigenvalue weighted by molar-refractivity contribution is -0.138. The Hall–Kier alpha value is -1.35. The van der Waals surface area contributed by atoms with E-state index in [1.165, 1.54) is 17.5 Å². The van der Waals surface area contributed by atoms with Crippen molar-refractivity contribution in [2.24, 2.45) is 5.73 Å². The number of benzene rings is 1. The second kappa shape index (κ2) is 4.03. The van der Waals surface area contributed by atoms with E-state index < -0.39 is 11.9 Å². The predicted molar refractivity (Wildman–Crippen MR) is 57.9 cm³/mol. The fourth-order valence-electron chi connectivity index (χ4n) is 2.19. The van der Waals surface area contributed by atoms with Gasteiger partial charge in [0, 0.05) is 6.54 Å². The highest BCUT2D eigenvalue weighted by atomic mass is 16.4. The van der Waals surface area contributed by atoms with Crippen molar-refractivity contribution in [2.75, 3.05) is 6.54 Å². The van der Waals surface area contributed by atoms with E-state index in [0.29, 0.717) is 0 Å². The summed E-state index contributed by atoms with van der Waals surface area (Å²) in [4.78, 5) is 11.0. The molecule has 1 aliphatic carbocycles. The first-order valence-electron chi connectivity index (χ1n) is 5.27. The number of carbonyl (C=O) groups is 1. The summed E-state index contributed by atoms with van der Waals surface area (Å²) < 4.78 is 0. The molecule has 0 amide bonds. The molecule has 0 aromatic heterocycles. The van der Waals surface area contributed by atoms with E-state index in [-0.39, 0.29) is 6.54 Å². The Bertz CT molecular complexity index is 387. The minimum atomic E-state index is -0.838. The summed E-state index contributed by atoms with van der Waals surface area (Å²) in [6.45, 7) is 0.161. The van der Waals surface area contributed by atoms with Gasteiger partial charge in [-0.05, 0) is 36.0 Å². The molecule has 0 saturated carbocycles. The summed E-state index contributed by atoms with van der Waals surface area (Å²) in [5.74, 6) is -1.40. The first-order chi connectivity index (χ1) is 7.22. The molecule has 1 unspecified atom stereocenters. The van der Waals surface area contributed by atoms with E-state index in [1.54, 1.807) is 0 Å². The van der Waals surface area contributed by atoms with Crippen molar-refractivity contribution in [3.8, 4) is 0 Å². The zero-order valence-corrected chi connectivity index (χ0v) is 8.57. The number of fused-ring (bicyclic) bond motifs is 1. The molecular formula is C12H15NO2. The Labute approximate surface area is 88.9 Å². The van der Waals surface area contributed by atoms with Crippen LogP contribution in [0.1, 0.15) is 29.0 Å². The Morgan fingerprint density at radius 2 is 2.13 bits per heavy atom. The molecule has 1 atom stereocenters. The van der Waals surface area contributed by atoms with Gasteiger partial charge in [-0.2, -0.15) is 0 Å². The quantitative estimate of drug-likeness (QED) is 0.781. The molecule has 0 fully saturated rings. The van der Waals surface area contributed by atoms with Gasteiger partial charge in [-0.1, -0.05) is 18.2 Å². The fourth-order valence-corrected chi connectivity index (χ4v) is 2.19. The van der Waals surface area contributed by atoms with Crippen LogP contribution >= 0.6 is 0 Å². The van der Waals surface area contributed by atoms with Crippen molar-refractivity contribution in [1.82, 2.24) is 0 Å². The predicted octanol–water partition coefficient (Wildman–Crippen LogP) is 1.30. The van der Waals surface area contributed by atoms with Crippen LogP contribution in [0.3, 0.4) is 0 Å². The number of aliphatic carboxylic acids is 1. The molecule has 1 aliphatic rings. The maximum absolute atomic E-state index is 11.0. The maximum Gasteiger partial charge on any atom is 0.312 e. The molecule has 1 aromatic rings. The lowest BCUT2D eigenvalue weighted by atomic mass is 9.96. The number of rotatable bonds is 3. The number of aryl methyl sites for hydroxylation is 2. The molecule has 15 heavy (non-hydrogen) atoms. The zero-order chi connectivity index (χ0) is 10.8. The normalized spacial score (nSPS) is 16.1. The van der Waals surface area contributed by atoms with Crippen molar-refractivity contribution < 1.29 is 9.90 Å². The third-order valence-electron chi connectivity index (χ3n) is 3.06. The average molecular weight is 205 g/mol. The average Bonchev–Trinajstić information content (AvgIpc) is 2.65. The minimum absolute atomic E-state index is 0.161. The highest BCUT2D eigenvalue weighted by Crippen LogP contribution is 2.26. The first kappa shape index (κ1) is 10.2. The van der Waals surface area contributed by atoms with E-state index >= 15 is 0 Å². The molecular weight excluding hydrogens is 190 g/mol. The van der Waals surface area contributed by atoms with E-state index in [1.807, 2.05) is 18.2 Å². The molecule has 3 heteroatoms. The lowest BCUT2D eigenvalue weighted by Gasteiger charge is -2.11. The molecule has 0 spiro atoms. The monoisotopic (exact) mass is 205 g/mol. The molecule has 0 saturated heterocycles. The van der Waals surface area contributed by atoms with Crippen LogP contribution in [0, 0.1) is 0 Å². The molecule has 80 valence electrons. The molecule has 0 radical (unpaired) electrons. The highest BCUT2D eigenvalue weighted by molar-refractivity contribution is 5.76. The van der Waals surface area contributed by atoms with Crippen LogP contribution in [0.2, 0.25) is 0 Å². The number of hydrogen-bond acceptors (Lipinski definition) is 2. The topological polar surface area (TPSA) is 63.3 Å². The number of hydrogen-bond donors (Lipinski definition) is 2. The maximum atomic E-state index is 11.0. The molecule has 2 rings (SSSR count). The van der Waals surface area contributed by atoms with Crippen molar-refractivity contribution in [3.63, 3.8) is 0 Å². The number of carboxylic acid groups (broad SMARTS) is 1. The Morgan fingerprint density at radius 1 is 1.40 bits per heavy atom. The van der Waals surface area contributed by atoms with Gasteiger partial charge in [0.1, 0.15) is 0 Å². The van der Waals surface area contributed by atoms with Gasteiger partial charge < -0.3 is 10.8 Å². The Morgan fingerprint density at radius 3 is 2.80 bits per heavy atom. The SMILES string of the molecule is NCC(C(=O)O)c1ccc2c(c1)CCC2. The largest absolute Gasteiger partial charge is 0.481 e. The van der Waals surface area contributed by atoms with Gasteiger partial charge in [-0.3, -0.25) is 4.79 Å².